The average molecular weight is 1200 g/mol. The molecule has 0 radical (unpaired) electrons. The normalized spacial score (nSPS) is 14.3. The van der Waals surface area contributed by atoms with E-state index in [1.54, 1.807) is 0 Å². The summed E-state index contributed by atoms with van der Waals surface area (Å²) in [6.07, 6.45) is 39.3. The second-order valence-corrected chi connectivity index (χ2v) is 25.8. The molecule has 0 amide bonds. The van der Waals surface area contributed by atoms with Gasteiger partial charge in [-0.1, -0.05) is 259 Å². The van der Waals surface area contributed by atoms with Crippen molar-refractivity contribution in [3.05, 3.63) is 0 Å². The van der Waals surface area contributed by atoms with Gasteiger partial charge in [-0.2, -0.15) is 0 Å². The van der Waals surface area contributed by atoms with Crippen LogP contribution >= 0.6 is 15.6 Å². The molecule has 3 N–H and O–H groups in total. The van der Waals surface area contributed by atoms with Crippen molar-refractivity contribution in [2.45, 2.75) is 329 Å². The van der Waals surface area contributed by atoms with E-state index in [9.17, 15) is 43.2 Å². The Morgan fingerprint density at radius 3 is 0.840 bits per heavy atom. The first-order valence-electron chi connectivity index (χ1n) is 32.6. The Bertz CT molecular complexity index is 1580. The van der Waals surface area contributed by atoms with Crippen molar-refractivity contribution in [3.63, 3.8) is 0 Å². The van der Waals surface area contributed by atoms with Crippen molar-refractivity contribution >= 4 is 39.5 Å². The molecule has 0 aliphatic carbocycles. The third-order valence-corrected chi connectivity index (χ3v) is 16.2. The van der Waals surface area contributed by atoms with E-state index < -0.39 is 97.5 Å². The summed E-state index contributed by atoms with van der Waals surface area (Å²) in [5.41, 5.74) is 0. The van der Waals surface area contributed by atoms with E-state index >= 15 is 0 Å². The summed E-state index contributed by atoms with van der Waals surface area (Å²) < 4.78 is 67.7. The highest BCUT2D eigenvalue weighted by Crippen LogP contribution is 2.45. The minimum absolute atomic E-state index is 0.103. The highest BCUT2D eigenvalue weighted by Gasteiger charge is 2.30. The first kappa shape index (κ1) is 79.1. The lowest BCUT2D eigenvalue weighted by Crippen LogP contribution is -2.30. The molecule has 2 unspecified atom stereocenters. The van der Waals surface area contributed by atoms with Crippen LogP contribution in [0.2, 0.25) is 0 Å². The molecule has 0 saturated carbocycles. The van der Waals surface area contributed by atoms with E-state index in [2.05, 4.69) is 34.6 Å². The van der Waals surface area contributed by atoms with E-state index in [1.165, 1.54) is 128 Å². The lowest BCUT2D eigenvalue weighted by molar-refractivity contribution is -0.161. The number of esters is 4. The van der Waals surface area contributed by atoms with Gasteiger partial charge < -0.3 is 33.8 Å². The van der Waals surface area contributed by atoms with Crippen LogP contribution in [0.25, 0.3) is 0 Å². The maximum Gasteiger partial charge on any atom is 0.472 e. The molecule has 81 heavy (non-hydrogen) atoms. The van der Waals surface area contributed by atoms with Gasteiger partial charge >= 0.3 is 39.5 Å². The quantitative estimate of drug-likeness (QED) is 0.0222. The fraction of sp³-hybridized carbons (Fsp3) is 0.935. The number of rotatable bonds is 62. The molecule has 0 fully saturated rings. The van der Waals surface area contributed by atoms with Crippen LogP contribution in [0.1, 0.15) is 311 Å². The molecule has 5 atom stereocenters. The first-order chi connectivity index (χ1) is 39.0. The summed E-state index contributed by atoms with van der Waals surface area (Å²) in [5.74, 6) is -1.45. The maximum absolute atomic E-state index is 13.0. The van der Waals surface area contributed by atoms with Gasteiger partial charge in [0.15, 0.2) is 12.2 Å². The Kier molecular flexibility index (Phi) is 54.6. The lowest BCUT2D eigenvalue weighted by Gasteiger charge is -2.21. The van der Waals surface area contributed by atoms with E-state index in [1.807, 2.05) is 0 Å². The third kappa shape index (κ3) is 56.9. The van der Waals surface area contributed by atoms with Crippen molar-refractivity contribution in [2.75, 3.05) is 39.6 Å². The molecular weight excluding hydrogens is 1080 g/mol. The number of carbonyl (C=O) groups is 4. The molecule has 0 aromatic carbocycles. The van der Waals surface area contributed by atoms with Crippen LogP contribution in [-0.2, 0) is 65.4 Å². The van der Waals surface area contributed by atoms with Gasteiger partial charge in [-0.05, 0) is 31.6 Å². The SMILES string of the molecule is CCCCCCCCCCCCCCCCC(=O)O[C@H](COC(=O)CCCCCCCCCCCCCC)COP(=O)(O)OC[C@@H](O)COP(=O)(O)OC[C@@H](COC(=O)CCCCCCC)OC(=O)CCCCCCCCCC(C)C. The summed E-state index contributed by atoms with van der Waals surface area (Å²) in [6.45, 7) is 7.03. The molecule has 0 aromatic rings. The number of carbonyl (C=O) groups excluding carboxylic acids is 4. The Balaban J connectivity index is 5.18. The number of phosphoric ester groups is 2. The Labute approximate surface area is 492 Å². The van der Waals surface area contributed by atoms with E-state index in [0.717, 1.165) is 96.3 Å². The molecule has 0 bridgehead atoms. The van der Waals surface area contributed by atoms with Crippen molar-refractivity contribution in [1.82, 2.24) is 0 Å². The van der Waals surface area contributed by atoms with Gasteiger partial charge in [-0.15, -0.1) is 0 Å². The van der Waals surface area contributed by atoms with Crippen LogP contribution in [0, 0.1) is 5.92 Å². The molecular formula is C62H120O17P2. The van der Waals surface area contributed by atoms with E-state index in [-0.39, 0.29) is 25.7 Å². The van der Waals surface area contributed by atoms with Crippen LogP contribution in [-0.4, -0.2) is 96.7 Å². The molecule has 0 rings (SSSR count). The van der Waals surface area contributed by atoms with Crippen molar-refractivity contribution in [2.24, 2.45) is 5.92 Å². The predicted molar refractivity (Wildman–Crippen MR) is 322 cm³/mol. The summed E-state index contributed by atoms with van der Waals surface area (Å²) >= 11 is 0. The number of hydrogen-bond acceptors (Lipinski definition) is 15. The zero-order valence-corrected chi connectivity index (χ0v) is 53.7. The number of unbranched alkanes of at least 4 members (excludes halogenated alkanes) is 34. The van der Waals surface area contributed by atoms with Crippen LogP contribution in [0.5, 0.6) is 0 Å². The molecule has 0 saturated heterocycles. The van der Waals surface area contributed by atoms with Crippen LogP contribution in [0.15, 0.2) is 0 Å². The van der Waals surface area contributed by atoms with Crippen LogP contribution in [0.3, 0.4) is 0 Å². The van der Waals surface area contributed by atoms with Gasteiger partial charge in [0.25, 0.3) is 0 Å². The average Bonchev–Trinajstić information content (AvgIpc) is 3.43. The smallest absolute Gasteiger partial charge is 0.462 e. The molecule has 0 heterocycles. The zero-order chi connectivity index (χ0) is 59.9. The number of hydrogen-bond donors (Lipinski definition) is 3. The Morgan fingerprint density at radius 2 is 0.568 bits per heavy atom. The van der Waals surface area contributed by atoms with Gasteiger partial charge in [-0.3, -0.25) is 37.3 Å². The minimum Gasteiger partial charge on any atom is -0.462 e. The zero-order valence-electron chi connectivity index (χ0n) is 51.9. The molecule has 0 aliphatic heterocycles. The Hall–Kier alpha value is -1.94. The maximum atomic E-state index is 13.0. The predicted octanol–water partition coefficient (Wildman–Crippen LogP) is 17.0. The highest BCUT2D eigenvalue weighted by atomic mass is 31.2. The number of ether oxygens (including phenoxy) is 4. The summed E-state index contributed by atoms with van der Waals surface area (Å²) in [5, 5.41) is 10.5. The van der Waals surface area contributed by atoms with Crippen LogP contribution < -0.4 is 0 Å². The van der Waals surface area contributed by atoms with Gasteiger partial charge in [0.1, 0.15) is 19.3 Å². The monoisotopic (exact) mass is 1200 g/mol. The van der Waals surface area contributed by atoms with Gasteiger partial charge in [0.05, 0.1) is 26.4 Å². The van der Waals surface area contributed by atoms with Crippen LogP contribution in [0.4, 0.5) is 0 Å². The molecule has 19 heteroatoms. The molecule has 0 aliphatic rings. The largest absolute Gasteiger partial charge is 0.472 e. The fourth-order valence-electron chi connectivity index (χ4n) is 9.23. The van der Waals surface area contributed by atoms with Crippen molar-refractivity contribution < 1.29 is 80.2 Å². The number of phosphoric acid groups is 2. The summed E-state index contributed by atoms with van der Waals surface area (Å²) in [7, 11) is -9.87. The second-order valence-electron chi connectivity index (χ2n) is 22.9. The lowest BCUT2D eigenvalue weighted by atomic mass is 10.0. The molecule has 0 spiro atoms. The summed E-state index contributed by atoms with van der Waals surface area (Å²) in [6, 6.07) is 0. The topological polar surface area (TPSA) is 237 Å². The summed E-state index contributed by atoms with van der Waals surface area (Å²) in [4.78, 5) is 71.9. The van der Waals surface area contributed by atoms with Crippen molar-refractivity contribution in [3.8, 4) is 0 Å². The number of aliphatic hydroxyl groups excluding tert-OH is 1. The van der Waals surface area contributed by atoms with Crippen molar-refractivity contribution in [1.29, 1.82) is 0 Å². The second kappa shape index (κ2) is 55.9. The van der Waals surface area contributed by atoms with E-state index in [4.69, 9.17) is 37.0 Å². The van der Waals surface area contributed by atoms with Gasteiger partial charge in [0, 0.05) is 25.7 Å². The minimum atomic E-state index is -4.94. The standard InChI is InChI=1S/C62H120O17P2/c1-6-9-12-15-17-19-21-23-24-26-28-32-37-42-47-61(66)79-58(52-73-60(65)46-41-36-31-27-25-22-20-18-16-13-10-7-2)54-77-81(70,71)75-50-56(63)49-74-80(68,69)76-53-57(51-72-59(64)45-40-34-14-11-8-3)78-62(67)48-43-38-33-29-30-35-39-44-55(4)5/h55-58,63H,6-54H2,1-5H3,(H,68,69)(H,70,71)/t56-,57+,58+/m0/s1. The molecule has 480 valence electrons. The third-order valence-electron chi connectivity index (χ3n) is 14.3. The Morgan fingerprint density at radius 1 is 0.333 bits per heavy atom. The van der Waals surface area contributed by atoms with E-state index in [0.29, 0.717) is 31.6 Å². The van der Waals surface area contributed by atoms with Gasteiger partial charge in [-0.25, -0.2) is 9.13 Å². The fourth-order valence-corrected chi connectivity index (χ4v) is 10.8. The molecule has 17 nitrogen and oxygen atoms in total. The number of aliphatic hydroxyl groups is 1. The molecule has 0 aromatic heterocycles. The highest BCUT2D eigenvalue weighted by molar-refractivity contribution is 7.47. The first-order valence-corrected chi connectivity index (χ1v) is 35.6. The van der Waals surface area contributed by atoms with Gasteiger partial charge in [0.2, 0.25) is 0 Å².